The first-order valence-corrected chi connectivity index (χ1v) is 4.11. The summed E-state index contributed by atoms with van der Waals surface area (Å²) in [6.45, 7) is 0.814. The number of halogens is 2. The van der Waals surface area contributed by atoms with Crippen molar-refractivity contribution in [2.24, 2.45) is 0 Å². The van der Waals surface area contributed by atoms with Crippen molar-refractivity contribution in [1.29, 1.82) is 0 Å². The Balaban J connectivity index is 2.60. The van der Waals surface area contributed by atoms with Gasteiger partial charge in [0.1, 0.15) is 12.4 Å². The van der Waals surface area contributed by atoms with Crippen LogP contribution in [0.25, 0.3) is 0 Å². The Labute approximate surface area is 80.5 Å². The standard InChI is InChI=1S/C10H10F2O2/c1-7(13)8-2-4-9(5-3-8)14-6-10(11)12/h2-5,10H,6H2,1H3. The molecule has 0 saturated carbocycles. The summed E-state index contributed by atoms with van der Waals surface area (Å²) in [6, 6.07) is 6.09. The van der Waals surface area contributed by atoms with Crippen LogP contribution in [0.1, 0.15) is 17.3 Å². The van der Waals surface area contributed by atoms with Crippen LogP contribution in [0.2, 0.25) is 0 Å². The van der Waals surface area contributed by atoms with Gasteiger partial charge in [-0.2, -0.15) is 0 Å². The molecule has 1 aromatic rings. The first-order valence-electron chi connectivity index (χ1n) is 4.11. The summed E-state index contributed by atoms with van der Waals surface area (Å²) in [5, 5.41) is 0. The Morgan fingerprint density at radius 1 is 1.36 bits per heavy atom. The van der Waals surface area contributed by atoms with Crippen LogP contribution in [0.3, 0.4) is 0 Å². The van der Waals surface area contributed by atoms with Crippen LogP contribution in [-0.4, -0.2) is 18.8 Å². The fraction of sp³-hybridized carbons (Fsp3) is 0.300. The number of rotatable bonds is 4. The minimum Gasteiger partial charge on any atom is -0.488 e. The van der Waals surface area contributed by atoms with Crippen LogP contribution in [-0.2, 0) is 0 Å². The maximum Gasteiger partial charge on any atom is 0.272 e. The van der Waals surface area contributed by atoms with Crippen LogP contribution >= 0.6 is 0 Å². The first kappa shape index (κ1) is 10.6. The van der Waals surface area contributed by atoms with Gasteiger partial charge in [0.05, 0.1) is 0 Å². The molecule has 0 unspecified atom stereocenters. The van der Waals surface area contributed by atoms with Gasteiger partial charge in [0.15, 0.2) is 5.78 Å². The average Bonchev–Trinajstić information content (AvgIpc) is 2.15. The van der Waals surface area contributed by atoms with Gasteiger partial charge in [-0.25, -0.2) is 8.78 Å². The van der Waals surface area contributed by atoms with Crippen LogP contribution < -0.4 is 4.74 Å². The molecule has 0 atom stereocenters. The second-order valence-electron chi connectivity index (χ2n) is 2.78. The lowest BCUT2D eigenvalue weighted by Crippen LogP contribution is -2.06. The van der Waals surface area contributed by atoms with Crippen LogP contribution in [0, 0.1) is 0 Å². The molecule has 14 heavy (non-hydrogen) atoms. The minimum atomic E-state index is -2.48. The van der Waals surface area contributed by atoms with Crippen molar-refractivity contribution in [3.05, 3.63) is 29.8 Å². The zero-order chi connectivity index (χ0) is 10.6. The van der Waals surface area contributed by atoms with Crippen molar-refractivity contribution in [1.82, 2.24) is 0 Å². The molecule has 0 bridgehead atoms. The van der Waals surface area contributed by atoms with Gasteiger partial charge in [-0.1, -0.05) is 0 Å². The highest BCUT2D eigenvalue weighted by molar-refractivity contribution is 5.94. The summed E-state index contributed by atoms with van der Waals surface area (Å²) in [5.41, 5.74) is 0.536. The number of carbonyl (C=O) groups is 1. The molecule has 0 radical (unpaired) electrons. The molecule has 0 aliphatic rings. The van der Waals surface area contributed by atoms with Crippen LogP contribution in [0.4, 0.5) is 8.78 Å². The Morgan fingerprint density at radius 2 is 1.93 bits per heavy atom. The maximum atomic E-state index is 11.7. The quantitative estimate of drug-likeness (QED) is 0.698. The summed E-state index contributed by atoms with van der Waals surface area (Å²) >= 11 is 0. The van der Waals surface area contributed by atoms with Crippen molar-refractivity contribution in [2.75, 3.05) is 6.61 Å². The molecule has 0 aromatic heterocycles. The Morgan fingerprint density at radius 3 is 2.36 bits per heavy atom. The largest absolute Gasteiger partial charge is 0.488 e. The van der Waals surface area contributed by atoms with Crippen molar-refractivity contribution < 1.29 is 18.3 Å². The van der Waals surface area contributed by atoms with E-state index in [0.29, 0.717) is 11.3 Å². The highest BCUT2D eigenvalue weighted by atomic mass is 19.3. The smallest absolute Gasteiger partial charge is 0.272 e. The van der Waals surface area contributed by atoms with E-state index in [1.807, 2.05) is 0 Å². The Hall–Kier alpha value is -1.45. The first-order chi connectivity index (χ1) is 6.59. The molecule has 0 saturated heterocycles. The SMILES string of the molecule is CC(=O)c1ccc(OCC(F)F)cc1. The molecule has 0 aliphatic heterocycles. The van der Waals surface area contributed by atoms with E-state index in [9.17, 15) is 13.6 Å². The molecule has 0 aliphatic carbocycles. The Kier molecular flexibility index (Phi) is 3.56. The van der Waals surface area contributed by atoms with Crippen LogP contribution in [0.15, 0.2) is 24.3 Å². The van der Waals surface area contributed by atoms with Crippen molar-refractivity contribution >= 4 is 5.78 Å². The highest BCUT2D eigenvalue weighted by Gasteiger charge is 2.04. The summed E-state index contributed by atoms with van der Waals surface area (Å²) in [6.07, 6.45) is -2.48. The molecule has 0 amide bonds. The number of benzene rings is 1. The van der Waals surface area contributed by atoms with E-state index in [0.717, 1.165) is 0 Å². The molecule has 1 aromatic carbocycles. The molecule has 0 heterocycles. The molecule has 1 rings (SSSR count). The molecular weight excluding hydrogens is 190 g/mol. The zero-order valence-corrected chi connectivity index (χ0v) is 7.67. The molecule has 76 valence electrons. The summed E-state index contributed by atoms with van der Waals surface area (Å²) in [4.78, 5) is 10.9. The lowest BCUT2D eigenvalue weighted by molar-refractivity contribution is 0.0818. The Bertz CT molecular complexity index is 306. The molecular formula is C10H10F2O2. The molecule has 0 N–H and O–H groups in total. The number of Topliss-reactive ketones (excluding diaryl/α,β-unsaturated/α-hetero) is 1. The van der Waals surface area contributed by atoms with E-state index in [-0.39, 0.29) is 5.78 Å². The lowest BCUT2D eigenvalue weighted by Gasteiger charge is -2.05. The normalized spacial score (nSPS) is 10.3. The van der Waals surface area contributed by atoms with Gasteiger partial charge >= 0.3 is 0 Å². The molecule has 0 fully saturated rings. The summed E-state index contributed by atoms with van der Waals surface area (Å²) in [7, 11) is 0. The lowest BCUT2D eigenvalue weighted by atomic mass is 10.1. The fourth-order valence-electron chi connectivity index (χ4n) is 0.945. The number of alkyl halides is 2. The van der Waals surface area contributed by atoms with Gasteiger partial charge in [-0.05, 0) is 31.2 Å². The van der Waals surface area contributed by atoms with Gasteiger partial charge in [-0.3, -0.25) is 4.79 Å². The predicted molar refractivity (Wildman–Crippen MR) is 47.9 cm³/mol. The number of hydrogen-bond donors (Lipinski definition) is 0. The second-order valence-corrected chi connectivity index (χ2v) is 2.78. The van der Waals surface area contributed by atoms with Crippen molar-refractivity contribution in [3.63, 3.8) is 0 Å². The topological polar surface area (TPSA) is 26.3 Å². The molecule has 4 heteroatoms. The van der Waals surface area contributed by atoms with Gasteiger partial charge in [0.2, 0.25) is 0 Å². The van der Waals surface area contributed by atoms with E-state index < -0.39 is 13.0 Å². The van der Waals surface area contributed by atoms with E-state index in [1.165, 1.54) is 19.1 Å². The number of hydrogen-bond acceptors (Lipinski definition) is 2. The highest BCUT2D eigenvalue weighted by Crippen LogP contribution is 2.13. The van der Waals surface area contributed by atoms with Gasteiger partial charge < -0.3 is 4.74 Å². The zero-order valence-electron chi connectivity index (χ0n) is 7.67. The van der Waals surface area contributed by atoms with Gasteiger partial charge in [-0.15, -0.1) is 0 Å². The number of ether oxygens (including phenoxy) is 1. The van der Waals surface area contributed by atoms with Crippen molar-refractivity contribution in [3.8, 4) is 5.75 Å². The monoisotopic (exact) mass is 200 g/mol. The van der Waals surface area contributed by atoms with Crippen LogP contribution in [0.5, 0.6) is 5.75 Å². The average molecular weight is 200 g/mol. The maximum absolute atomic E-state index is 11.7. The second kappa shape index (κ2) is 4.69. The third-order valence-electron chi connectivity index (χ3n) is 1.64. The fourth-order valence-corrected chi connectivity index (χ4v) is 0.945. The van der Waals surface area contributed by atoms with E-state index >= 15 is 0 Å². The summed E-state index contributed by atoms with van der Waals surface area (Å²) in [5.74, 6) is 0.278. The van der Waals surface area contributed by atoms with E-state index in [4.69, 9.17) is 4.74 Å². The van der Waals surface area contributed by atoms with E-state index in [2.05, 4.69) is 0 Å². The third-order valence-corrected chi connectivity index (χ3v) is 1.64. The third kappa shape index (κ3) is 3.12. The predicted octanol–water partition coefficient (Wildman–Crippen LogP) is 2.53. The summed E-state index contributed by atoms with van der Waals surface area (Å²) < 4.78 is 28.2. The molecule has 0 spiro atoms. The minimum absolute atomic E-state index is 0.0644. The van der Waals surface area contributed by atoms with Gasteiger partial charge in [0, 0.05) is 5.56 Å². The number of ketones is 1. The van der Waals surface area contributed by atoms with Gasteiger partial charge in [0.25, 0.3) is 6.43 Å². The molecule has 2 nitrogen and oxygen atoms in total. The van der Waals surface area contributed by atoms with Crippen molar-refractivity contribution in [2.45, 2.75) is 13.3 Å². The van der Waals surface area contributed by atoms with E-state index in [1.54, 1.807) is 12.1 Å². The number of carbonyl (C=O) groups excluding carboxylic acids is 1.